The Labute approximate surface area is 136 Å². The van der Waals surface area contributed by atoms with E-state index < -0.39 is 0 Å². The molecule has 0 atom stereocenters. The first-order chi connectivity index (χ1) is 10.7. The highest BCUT2D eigenvalue weighted by Crippen LogP contribution is 2.17. The Kier molecular flexibility index (Phi) is 6.24. The predicted octanol–water partition coefficient (Wildman–Crippen LogP) is 5.72. The molecule has 2 aromatic carbocycles. The van der Waals surface area contributed by atoms with Crippen LogP contribution in [-0.2, 0) is 38.5 Å². The maximum Gasteiger partial charge on any atom is -0.0238 e. The summed E-state index contributed by atoms with van der Waals surface area (Å²) in [6.45, 7) is 8.99. The fraction of sp³-hybridized carbons (Fsp3) is 0.455. The fourth-order valence-corrected chi connectivity index (χ4v) is 3.07. The first kappa shape index (κ1) is 16.8. The second kappa shape index (κ2) is 8.17. The Morgan fingerprint density at radius 1 is 0.409 bits per heavy atom. The molecule has 0 radical (unpaired) electrons. The minimum atomic E-state index is 1.13. The van der Waals surface area contributed by atoms with E-state index in [2.05, 4.69) is 64.1 Å². The molecular formula is C22H30. The molecule has 118 valence electrons. The van der Waals surface area contributed by atoms with Crippen LogP contribution in [0, 0.1) is 0 Å². The van der Waals surface area contributed by atoms with Crippen molar-refractivity contribution in [2.75, 3.05) is 0 Å². The fourth-order valence-electron chi connectivity index (χ4n) is 3.07. The standard InChI is InChI=1S/C22H30/c1-5-17-11-18(6-2)14-21(13-17)9-10-22-15-19(7-3)12-20(8-4)16-22/h11-16H,5-10H2,1-4H3. The lowest BCUT2D eigenvalue weighted by molar-refractivity contribution is 0.933. The quantitative estimate of drug-likeness (QED) is 0.612. The smallest absolute Gasteiger partial charge is 0.0238 e. The average Bonchev–Trinajstić information content (AvgIpc) is 2.59. The first-order valence-electron chi connectivity index (χ1n) is 8.91. The molecule has 2 aromatic rings. The molecule has 0 fully saturated rings. The van der Waals surface area contributed by atoms with Crippen LogP contribution < -0.4 is 0 Å². The van der Waals surface area contributed by atoms with Crippen molar-refractivity contribution in [3.8, 4) is 0 Å². The summed E-state index contributed by atoms with van der Waals surface area (Å²) in [5, 5.41) is 0. The number of aryl methyl sites for hydroxylation is 6. The van der Waals surface area contributed by atoms with E-state index in [1.54, 1.807) is 0 Å². The maximum atomic E-state index is 2.39. The molecule has 0 amide bonds. The van der Waals surface area contributed by atoms with Crippen molar-refractivity contribution < 1.29 is 0 Å². The van der Waals surface area contributed by atoms with Gasteiger partial charge in [0.15, 0.2) is 0 Å². The Balaban J connectivity index is 2.15. The van der Waals surface area contributed by atoms with E-state index in [0.29, 0.717) is 0 Å². The van der Waals surface area contributed by atoms with E-state index >= 15 is 0 Å². The molecule has 0 aliphatic carbocycles. The molecule has 0 bridgehead atoms. The summed E-state index contributed by atoms with van der Waals surface area (Å²) in [4.78, 5) is 0. The minimum Gasteiger partial charge on any atom is -0.0613 e. The van der Waals surface area contributed by atoms with Gasteiger partial charge in [0.2, 0.25) is 0 Å². The van der Waals surface area contributed by atoms with Gasteiger partial charge < -0.3 is 0 Å². The minimum absolute atomic E-state index is 1.13. The lowest BCUT2D eigenvalue weighted by Gasteiger charge is -2.10. The van der Waals surface area contributed by atoms with Gasteiger partial charge >= 0.3 is 0 Å². The van der Waals surface area contributed by atoms with Crippen LogP contribution >= 0.6 is 0 Å². The van der Waals surface area contributed by atoms with Crippen LogP contribution in [0.25, 0.3) is 0 Å². The van der Waals surface area contributed by atoms with Gasteiger partial charge in [0, 0.05) is 0 Å². The molecule has 0 heteroatoms. The second-order valence-corrected chi connectivity index (χ2v) is 6.23. The van der Waals surface area contributed by atoms with Gasteiger partial charge in [-0.05, 0) is 71.9 Å². The van der Waals surface area contributed by atoms with Gasteiger partial charge in [-0.1, -0.05) is 64.1 Å². The Bertz CT molecular complexity index is 507. The van der Waals surface area contributed by atoms with Crippen molar-refractivity contribution in [2.24, 2.45) is 0 Å². The van der Waals surface area contributed by atoms with E-state index in [1.165, 1.54) is 33.4 Å². The molecule has 0 spiro atoms. The SMILES string of the molecule is CCc1cc(CC)cc(CCc2cc(CC)cc(CC)c2)c1. The van der Waals surface area contributed by atoms with Crippen molar-refractivity contribution in [1.82, 2.24) is 0 Å². The van der Waals surface area contributed by atoms with Crippen LogP contribution in [0.5, 0.6) is 0 Å². The summed E-state index contributed by atoms with van der Waals surface area (Å²) in [6.07, 6.45) is 6.82. The Morgan fingerprint density at radius 2 is 0.636 bits per heavy atom. The largest absolute Gasteiger partial charge is 0.0613 e. The van der Waals surface area contributed by atoms with Gasteiger partial charge in [-0.3, -0.25) is 0 Å². The van der Waals surface area contributed by atoms with Crippen LogP contribution in [0.4, 0.5) is 0 Å². The lowest BCUT2D eigenvalue weighted by Crippen LogP contribution is -1.97. The van der Waals surface area contributed by atoms with Gasteiger partial charge in [-0.25, -0.2) is 0 Å². The zero-order valence-corrected chi connectivity index (χ0v) is 14.7. The molecule has 0 aliphatic rings. The summed E-state index contributed by atoms with van der Waals surface area (Å²) >= 11 is 0. The third-order valence-electron chi connectivity index (χ3n) is 4.56. The van der Waals surface area contributed by atoms with E-state index in [0.717, 1.165) is 38.5 Å². The summed E-state index contributed by atoms with van der Waals surface area (Å²) in [5.41, 5.74) is 8.90. The molecule has 0 nitrogen and oxygen atoms in total. The molecule has 0 N–H and O–H groups in total. The Hall–Kier alpha value is -1.56. The summed E-state index contributed by atoms with van der Waals surface area (Å²) in [6, 6.07) is 14.3. The third-order valence-corrected chi connectivity index (χ3v) is 4.56. The molecular weight excluding hydrogens is 264 g/mol. The van der Waals surface area contributed by atoms with Gasteiger partial charge in [0.1, 0.15) is 0 Å². The number of benzene rings is 2. The number of hydrogen-bond acceptors (Lipinski definition) is 0. The van der Waals surface area contributed by atoms with E-state index in [9.17, 15) is 0 Å². The van der Waals surface area contributed by atoms with E-state index in [4.69, 9.17) is 0 Å². The molecule has 0 saturated heterocycles. The van der Waals surface area contributed by atoms with Crippen molar-refractivity contribution in [2.45, 2.75) is 66.2 Å². The second-order valence-electron chi connectivity index (χ2n) is 6.23. The highest BCUT2D eigenvalue weighted by molar-refractivity contribution is 5.33. The van der Waals surface area contributed by atoms with Crippen LogP contribution in [0.15, 0.2) is 36.4 Å². The highest BCUT2D eigenvalue weighted by Gasteiger charge is 2.03. The summed E-state index contributed by atoms with van der Waals surface area (Å²) in [5.74, 6) is 0. The van der Waals surface area contributed by atoms with Gasteiger partial charge in [-0.2, -0.15) is 0 Å². The van der Waals surface area contributed by atoms with Gasteiger partial charge in [0.05, 0.1) is 0 Å². The lowest BCUT2D eigenvalue weighted by atomic mass is 9.95. The zero-order valence-electron chi connectivity index (χ0n) is 14.7. The topological polar surface area (TPSA) is 0 Å². The normalized spacial score (nSPS) is 10.9. The Morgan fingerprint density at radius 3 is 0.864 bits per heavy atom. The monoisotopic (exact) mass is 294 g/mol. The van der Waals surface area contributed by atoms with Crippen molar-refractivity contribution in [1.29, 1.82) is 0 Å². The molecule has 22 heavy (non-hydrogen) atoms. The first-order valence-corrected chi connectivity index (χ1v) is 8.91. The van der Waals surface area contributed by atoms with Crippen molar-refractivity contribution in [3.05, 3.63) is 69.8 Å². The molecule has 0 aromatic heterocycles. The molecule has 0 unspecified atom stereocenters. The molecule has 0 saturated carbocycles. The maximum absolute atomic E-state index is 2.39. The van der Waals surface area contributed by atoms with E-state index in [-0.39, 0.29) is 0 Å². The van der Waals surface area contributed by atoms with Crippen LogP contribution in [-0.4, -0.2) is 0 Å². The average molecular weight is 294 g/mol. The zero-order chi connectivity index (χ0) is 15.9. The van der Waals surface area contributed by atoms with Crippen LogP contribution in [0.3, 0.4) is 0 Å². The van der Waals surface area contributed by atoms with Crippen molar-refractivity contribution in [3.63, 3.8) is 0 Å². The number of rotatable bonds is 7. The molecule has 2 rings (SSSR count). The third kappa shape index (κ3) is 4.47. The van der Waals surface area contributed by atoms with Crippen LogP contribution in [0.2, 0.25) is 0 Å². The predicted molar refractivity (Wildman–Crippen MR) is 97.8 cm³/mol. The van der Waals surface area contributed by atoms with Crippen LogP contribution in [0.1, 0.15) is 61.1 Å². The summed E-state index contributed by atoms with van der Waals surface area (Å²) < 4.78 is 0. The molecule has 0 aliphatic heterocycles. The summed E-state index contributed by atoms with van der Waals surface area (Å²) in [7, 11) is 0. The van der Waals surface area contributed by atoms with Crippen molar-refractivity contribution >= 4 is 0 Å². The highest BCUT2D eigenvalue weighted by atomic mass is 14.1. The number of hydrogen-bond donors (Lipinski definition) is 0. The van der Waals surface area contributed by atoms with Gasteiger partial charge in [-0.15, -0.1) is 0 Å². The van der Waals surface area contributed by atoms with E-state index in [1.807, 2.05) is 0 Å². The molecule has 0 heterocycles. The van der Waals surface area contributed by atoms with Gasteiger partial charge in [0.25, 0.3) is 0 Å².